The molecule has 0 spiro atoms. The first-order valence-corrected chi connectivity index (χ1v) is 9.76. The maximum Gasteiger partial charge on any atom is 0.141 e. The average Bonchev–Trinajstić information content (AvgIpc) is 3.06. The van der Waals surface area contributed by atoms with Gasteiger partial charge >= 0.3 is 0 Å². The number of aromatic nitrogens is 1. The fourth-order valence-electron chi connectivity index (χ4n) is 7.14. The summed E-state index contributed by atoms with van der Waals surface area (Å²) in [6, 6.07) is 0. The molecule has 0 radical (unpaired) electrons. The zero-order valence-corrected chi connectivity index (χ0v) is 15.1. The largest absolute Gasteiger partial charge is 0.393 e. The molecule has 3 heteroatoms. The summed E-state index contributed by atoms with van der Waals surface area (Å²) >= 11 is 0. The number of hydrogen-bond donors (Lipinski definition) is 1. The minimum atomic E-state index is -0.112. The minimum Gasteiger partial charge on any atom is -0.393 e. The average molecular weight is 327 g/mol. The summed E-state index contributed by atoms with van der Waals surface area (Å²) in [5, 5.41) is 14.4. The fourth-order valence-corrected chi connectivity index (χ4v) is 7.14. The minimum absolute atomic E-state index is 0.112. The van der Waals surface area contributed by atoms with Crippen LogP contribution in [-0.4, -0.2) is 16.4 Å². The lowest BCUT2D eigenvalue weighted by atomic mass is 9.47. The van der Waals surface area contributed by atoms with E-state index in [1.165, 1.54) is 30.6 Å². The molecule has 0 bridgehead atoms. The lowest BCUT2D eigenvalue weighted by Gasteiger charge is -2.57. The van der Waals surface area contributed by atoms with E-state index < -0.39 is 0 Å². The van der Waals surface area contributed by atoms with Gasteiger partial charge in [0.2, 0.25) is 0 Å². The van der Waals surface area contributed by atoms with Gasteiger partial charge in [-0.3, -0.25) is 0 Å². The molecule has 24 heavy (non-hydrogen) atoms. The highest BCUT2D eigenvalue weighted by Gasteiger charge is 2.58. The van der Waals surface area contributed by atoms with Gasteiger partial charge in [0.25, 0.3) is 0 Å². The summed E-state index contributed by atoms with van der Waals surface area (Å²) in [5.74, 6) is 3.41. The van der Waals surface area contributed by atoms with Crippen molar-refractivity contribution < 1.29 is 9.63 Å². The van der Waals surface area contributed by atoms with E-state index in [1.807, 2.05) is 0 Å². The van der Waals surface area contributed by atoms with Crippen LogP contribution in [0.25, 0.3) is 0 Å². The Kier molecular flexibility index (Phi) is 3.01. The second-order valence-corrected chi connectivity index (χ2v) is 9.38. The molecule has 2 saturated carbocycles. The maximum absolute atomic E-state index is 10.1. The number of nitrogens with zero attached hydrogens (tertiary/aromatic N) is 1. The number of aryl methyl sites for hydroxylation is 1. The van der Waals surface area contributed by atoms with E-state index in [2.05, 4.69) is 32.0 Å². The van der Waals surface area contributed by atoms with E-state index in [9.17, 15) is 5.11 Å². The Bertz CT molecular complexity index is 719. The summed E-state index contributed by atoms with van der Waals surface area (Å²) in [7, 11) is 0. The molecule has 2 fully saturated rings. The summed E-state index contributed by atoms with van der Waals surface area (Å²) in [4.78, 5) is 0. The van der Waals surface area contributed by atoms with Crippen molar-refractivity contribution in [2.24, 2.45) is 23.2 Å². The first-order chi connectivity index (χ1) is 11.4. The molecule has 0 aliphatic heterocycles. The van der Waals surface area contributed by atoms with Crippen LogP contribution in [0.5, 0.6) is 0 Å². The standard InChI is InChI=1S/C21H29NO2/c1-12-19-18(24-22-12)11-17-15-5-4-13-10-14(23)6-8-20(13,2)16(15)7-9-21(17,19)3/h4,14-17,23H,5-11H2,1-3H3/t14-,15-,16-,17-,20+,21+/m1/s1. The SMILES string of the molecule is Cc1noc2c1[C@@]1(C)CC[C@@H]3[C@@H](CC=C4C[C@H](O)CC[C@@]43C)[C@H]1C2. The van der Waals surface area contributed by atoms with E-state index in [1.54, 1.807) is 5.57 Å². The molecular formula is C21H29NO2. The molecule has 4 aliphatic carbocycles. The third kappa shape index (κ3) is 1.75. The van der Waals surface area contributed by atoms with Crippen molar-refractivity contribution in [3.05, 3.63) is 28.7 Å². The van der Waals surface area contributed by atoms with Crippen LogP contribution in [0, 0.1) is 30.1 Å². The topological polar surface area (TPSA) is 46.3 Å². The van der Waals surface area contributed by atoms with Crippen LogP contribution < -0.4 is 0 Å². The number of aliphatic hydroxyl groups excluding tert-OH is 1. The van der Waals surface area contributed by atoms with Crippen molar-refractivity contribution >= 4 is 0 Å². The smallest absolute Gasteiger partial charge is 0.141 e. The molecule has 4 aliphatic rings. The van der Waals surface area contributed by atoms with E-state index in [0.29, 0.717) is 11.3 Å². The predicted molar refractivity (Wildman–Crippen MR) is 92.7 cm³/mol. The zero-order valence-electron chi connectivity index (χ0n) is 15.1. The number of aliphatic hydroxyl groups is 1. The van der Waals surface area contributed by atoms with Crippen LogP contribution >= 0.6 is 0 Å². The van der Waals surface area contributed by atoms with Gasteiger partial charge in [0.15, 0.2) is 0 Å². The van der Waals surface area contributed by atoms with Crippen LogP contribution in [0.3, 0.4) is 0 Å². The molecule has 0 amide bonds. The molecule has 5 rings (SSSR count). The first kappa shape index (κ1) is 15.2. The Morgan fingerprint density at radius 3 is 2.75 bits per heavy atom. The van der Waals surface area contributed by atoms with Gasteiger partial charge in [-0.2, -0.15) is 0 Å². The van der Waals surface area contributed by atoms with Gasteiger partial charge in [-0.05, 0) is 68.6 Å². The van der Waals surface area contributed by atoms with Crippen LogP contribution in [-0.2, 0) is 11.8 Å². The van der Waals surface area contributed by atoms with Crippen molar-refractivity contribution in [2.75, 3.05) is 0 Å². The normalized spacial score (nSPS) is 46.6. The van der Waals surface area contributed by atoms with Gasteiger partial charge in [-0.15, -0.1) is 0 Å². The maximum atomic E-state index is 10.1. The lowest BCUT2D eigenvalue weighted by molar-refractivity contribution is -0.0172. The third-order valence-corrected chi connectivity index (χ3v) is 8.38. The second-order valence-electron chi connectivity index (χ2n) is 9.38. The Labute approximate surface area is 144 Å². The Morgan fingerprint density at radius 2 is 1.92 bits per heavy atom. The molecule has 1 N–H and O–H groups in total. The molecule has 3 nitrogen and oxygen atoms in total. The Hall–Kier alpha value is -1.09. The molecule has 1 aromatic rings. The van der Waals surface area contributed by atoms with Gasteiger partial charge in [0.1, 0.15) is 5.76 Å². The third-order valence-electron chi connectivity index (χ3n) is 8.38. The first-order valence-electron chi connectivity index (χ1n) is 9.76. The molecule has 130 valence electrons. The van der Waals surface area contributed by atoms with E-state index in [-0.39, 0.29) is 11.5 Å². The van der Waals surface area contributed by atoms with Crippen LogP contribution in [0.2, 0.25) is 0 Å². The monoisotopic (exact) mass is 327 g/mol. The van der Waals surface area contributed by atoms with Gasteiger partial charge < -0.3 is 9.63 Å². The predicted octanol–water partition coefficient (Wildman–Crippen LogP) is 4.32. The fraction of sp³-hybridized carbons (Fsp3) is 0.762. The highest BCUT2D eigenvalue weighted by Crippen LogP contribution is 2.64. The van der Waals surface area contributed by atoms with E-state index in [0.717, 1.165) is 43.2 Å². The van der Waals surface area contributed by atoms with Crippen molar-refractivity contribution in [1.29, 1.82) is 0 Å². The summed E-state index contributed by atoms with van der Waals surface area (Å²) in [5.41, 5.74) is 4.69. The molecule has 1 heterocycles. The summed E-state index contributed by atoms with van der Waals surface area (Å²) in [6.07, 6.45) is 10.3. The van der Waals surface area contributed by atoms with Crippen molar-refractivity contribution in [3.63, 3.8) is 0 Å². The van der Waals surface area contributed by atoms with Crippen LogP contribution in [0.4, 0.5) is 0 Å². The van der Waals surface area contributed by atoms with Crippen molar-refractivity contribution in [2.45, 2.75) is 77.2 Å². The van der Waals surface area contributed by atoms with Crippen LogP contribution in [0.1, 0.15) is 69.4 Å². The highest BCUT2D eigenvalue weighted by molar-refractivity contribution is 5.40. The number of hydrogen-bond acceptors (Lipinski definition) is 3. The molecule has 0 aromatic carbocycles. The van der Waals surface area contributed by atoms with Crippen molar-refractivity contribution in [1.82, 2.24) is 5.16 Å². The van der Waals surface area contributed by atoms with E-state index >= 15 is 0 Å². The highest BCUT2D eigenvalue weighted by atomic mass is 16.5. The van der Waals surface area contributed by atoms with Crippen LogP contribution in [0.15, 0.2) is 16.2 Å². The Morgan fingerprint density at radius 1 is 1.12 bits per heavy atom. The van der Waals surface area contributed by atoms with Gasteiger partial charge in [-0.25, -0.2) is 0 Å². The lowest BCUT2D eigenvalue weighted by Crippen LogP contribution is -2.51. The quantitative estimate of drug-likeness (QED) is 0.722. The number of fused-ring (bicyclic) bond motifs is 7. The van der Waals surface area contributed by atoms with Gasteiger partial charge in [0.05, 0.1) is 11.8 Å². The summed E-state index contributed by atoms with van der Waals surface area (Å²) < 4.78 is 5.69. The van der Waals surface area contributed by atoms with Crippen molar-refractivity contribution in [3.8, 4) is 0 Å². The molecule has 1 aromatic heterocycles. The number of rotatable bonds is 0. The second kappa shape index (κ2) is 4.75. The molecular weight excluding hydrogens is 298 g/mol. The Balaban J connectivity index is 1.54. The zero-order chi connectivity index (χ0) is 16.7. The number of allylic oxidation sites excluding steroid dienone is 1. The van der Waals surface area contributed by atoms with Gasteiger partial charge in [-0.1, -0.05) is 30.7 Å². The summed E-state index contributed by atoms with van der Waals surface area (Å²) in [6.45, 7) is 7.07. The van der Waals surface area contributed by atoms with E-state index in [4.69, 9.17) is 4.52 Å². The molecule has 0 saturated heterocycles. The molecule has 6 atom stereocenters. The van der Waals surface area contributed by atoms with Gasteiger partial charge in [0, 0.05) is 17.4 Å². The molecule has 0 unspecified atom stereocenters.